The molecule has 34 heavy (non-hydrogen) atoms. The number of nitrogens with zero attached hydrogens (tertiary/aromatic N) is 5. The number of aliphatic carboxylic acids is 1. The second-order valence-electron chi connectivity index (χ2n) is 9.53. The van der Waals surface area contributed by atoms with E-state index in [1.165, 1.54) is 6.20 Å². The Hall–Kier alpha value is -3.01. The Bertz CT molecular complexity index is 1250. The summed E-state index contributed by atoms with van der Waals surface area (Å²) in [7, 11) is 0. The zero-order valence-electron chi connectivity index (χ0n) is 18.5. The summed E-state index contributed by atoms with van der Waals surface area (Å²) in [6.07, 6.45) is 8.77. The first-order valence-electron chi connectivity index (χ1n) is 11.8. The molecule has 1 unspecified atom stereocenters. The lowest BCUT2D eigenvalue weighted by molar-refractivity contribution is -0.148. The number of carbonyl (C=O) groups is 1. The second kappa shape index (κ2) is 8.33. The predicted molar refractivity (Wildman–Crippen MR) is 125 cm³/mol. The van der Waals surface area contributed by atoms with Crippen molar-refractivity contribution in [3.63, 3.8) is 0 Å². The number of aromatic amines is 1. The number of hydrogen-bond donors (Lipinski definition) is 3. The fourth-order valence-corrected chi connectivity index (χ4v) is 6.13. The molecule has 4 aliphatic rings. The van der Waals surface area contributed by atoms with Gasteiger partial charge >= 0.3 is 5.97 Å². The van der Waals surface area contributed by atoms with Gasteiger partial charge in [0.15, 0.2) is 23.1 Å². The molecule has 3 aliphatic carbocycles. The van der Waals surface area contributed by atoms with Crippen LogP contribution in [0.2, 0.25) is 5.15 Å². The highest BCUT2D eigenvalue weighted by Crippen LogP contribution is 2.46. The van der Waals surface area contributed by atoms with Crippen LogP contribution in [0.1, 0.15) is 38.5 Å². The standard InChI is InChI=1S/C23H25ClFN7O2/c24-14-10-27-21-18(28-14)13(9-26-21)19-30-20(16(25)22(31-19)32-7-1-2-8-32)29-17-12-5-3-11(4-6-12)15(17)23(33)34/h9-12,15,17H,1-8H2,(H,26,27)(H,33,34)(H,29,30,31)/t11?,12?,15-,17?/m0/s1. The van der Waals surface area contributed by atoms with Gasteiger partial charge in [-0.3, -0.25) is 4.79 Å². The highest BCUT2D eigenvalue weighted by molar-refractivity contribution is 6.29. The molecule has 11 heteroatoms. The molecule has 4 fully saturated rings. The van der Waals surface area contributed by atoms with E-state index in [0.29, 0.717) is 35.6 Å². The molecule has 3 aromatic heterocycles. The summed E-state index contributed by atoms with van der Waals surface area (Å²) >= 11 is 6.07. The summed E-state index contributed by atoms with van der Waals surface area (Å²) in [5.41, 5.74) is 1.59. The van der Waals surface area contributed by atoms with Crippen LogP contribution < -0.4 is 10.2 Å². The molecule has 7 rings (SSSR count). The Morgan fingerprint density at radius 1 is 1.15 bits per heavy atom. The molecule has 178 valence electrons. The van der Waals surface area contributed by atoms with E-state index in [2.05, 4.69) is 30.2 Å². The third-order valence-electron chi connectivity index (χ3n) is 7.64. The van der Waals surface area contributed by atoms with Gasteiger partial charge in [0.1, 0.15) is 10.7 Å². The number of hydrogen-bond acceptors (Lipinski definition) is 7. The van der Waals surface area contributed by atoms with Crippen molar-refractivity contribution < 1.29 is 14.3 Å². The third-order valence-corrected chi connectivity index (χ3v) is 7.82. The van der Waals surface area contributed by atoms with Gasteiger partial charge in [0.2, 0.25) is 5.82 Å². The van der Waals surface area contributed by atoms with Crippen LogP contribution in [0.15, 0.2) is 12.4 Å². The van der Waals surface area contributed by atoms with Crippen molar-refractivity contribution in [2.45, 2.75) is 44.6 Å². The van der Waals surface area contributed by atoms with Crippen molar-refractivity contribution >= 4 is 40.4 Å². The average molecular weight is 486 g/mol. The average Bonchev–Trinajstić information content (AvgIpc) is 3.51. The predicted octanol–water partition coefficient (Wildman–Crippen LogP) is 4.11. The van der Waals surface area contributed by atoms with E-state index < -0.39 is 17.7 Å². The quantitative estimate of drug-likeness (QED) is 0.494. The molecule has 0 radical (unpaired) electrons. The van der Waals surface area contributed by atoms with Crippen LogP contribution in [0.5, 0.6) is 0 Å². The molecule has 3 N–H and O–H groups in total. The van der Waals surface area contributed by atoms with Gasteiger partial charge in [0.05, 0.1) is 17.7 Å². The maximum Gasteiger partial charge on any atom is 0.308 e. The number of halogens is 2. The first-order chi connectivity index (χ1) is 16.5. The summed E-state index contributed by atoms with van der Waals surface area (Å²) in [6, 6.07) is -0.370. The van der Waals surface area contributed by atoms with Gasteiger partial charge in [0.25, 0.3) is 0 Å². The second-order valence-corrected chi connectivity index (χ2v) is 9.92. The van der Waals surface area contributed by atoms with Crippen LogP contribution in [-0.2, 0) is 4.79 Å². The smallest absolute Gasteiger partial charge is 0.308 e. The summed E-state index contributed by atoms with van der Waals surface area (Å²) in [5.74, 6) is -1.09. The minimum Gasteiger partial charge on any atom is -0.481 e. The van der Waals surface area contributed by atoms with Gasteiger partial charge in [-0.2, -0.15) is 4.39 Å². The molecule has 2 bridgehead atoms. The maximum atomic E-state index is 15.8. The molecule has 0 amide bonds. The first-order valence-corrected chi connectivity index (χ1v) is 12.2. The SMILES string of the molecule is O=C(O)[C@H]1C2CCC(CC2)C1Nc1nc(-c2c[nH]c3ncc(Cl)nc23)nc(N2CCCC2)c1F. The lowest BCUT2D eigenvalue weighted by atomic mass is 9.61. The van der Waals surface area contributed by atoms with E-state index in [9.17, 15) is 9.90 Å². The van der Waals surface area contributed by atoms with Gasteiger partial charge < -0.3 is 20.3 Å². The molecule has 3 saturated carbocycles. The Morgan fingerprint density at radius 2 is 1.88 bits per heavy atom. The summed E-state index contributed by atoms with van der Waals surface area (Å²) in [5, 5.41) is 13.4. The van der Waals surface area contributed by atoms with Gasteiger partial charge in [-0.15, -0.1) is 0 Å². The molecular formula is C23H25ClFN7O2. The highest BCUT2D eigenvalue weighted by atomic mass is 35.5. The summed E-state index contributed by atoms with van der Waals surface area (Å²) < 4.78 is 15.8. The zero-order chi connectivity index (χ0) is 23.4. The summed E-state index contributed by atoms with van der Waals surface area (Å²) in [4.78, 5) is 34.8. The van der Waals surface area contributed by atoms with Crippen LogP contribution in [0.3, 0.4) is 0 Å². The number of carboxylic acid groups (broad SMARTS) is 1. The number of aromatic nitrogens is 5. The molecule has 2 atom stereocenters. The number of nitrogens with one attached hydrogen (secondary N) is 2. The Balaban J connectivity index is 1.46. The lowest BCUT2D eigenvalue weighted by Gasteiger charge is -2.47. The molecule has 3 aromatic rings. The Labute approximate surface area is 200 Å². The van der Waals surface area contributed by atoms with E-state index in [1.807, 2.05) is 4.90 Å². The van der Waals surface area contributed by atoms with Crippen molar-refractivity contribution in [2.75, 3.05) is 23.3 Å². The molecule has 1 aliphatic heterocycles. The highest BCUT2D eigenvalue weighted by Gasteiger charge is 2.47. The van der Waals surface area contributed by atoms with Gasteiger partial charge in [-0.25, -0.2) is 19.9 Å². The largest absolute Gasteiger partial charge is 0.481 e. The Morgan fingerprint density at radius 3 is 2.62 bits per heavy atom. The monoisotopic (exact) mass is 485 g/mol. The van der Waals surface area contributed by atoms with E-state index in [-0.39, 0.29) is 34.7 Å². The molecule has 0 aromatic carbocycles. The number of H-pyrrole nitrogens is 1. The molecule has 4 heterocycles. The molecular weight excluding hydrogens is 461 g/mol. The van der Waals surface area contributed by atoms with E-state index in [1.54, 1.807) is 6.20 Å². The zero-order valence-corrected chi connectivity index (χ0v) is 19.2. The van der Waals surface area contributed by atoms with Crippen molar-refractivity contribution in [2.24, 2.45) is 17.8 Å². The van der Waals surface area contributed by atoms with Crippen LogP contribution in [0, 0.1) is 23.6 Å². The lowest BCUT2D eigenvalue weighted by Crippen LogP contribution is -2.51. The van der Waals surface area contributed by atoms with Crippen LogP contribution in [0.25, 0.3) is 22.6 Å². The van der Waals surface area contributed by atoms with E-state index in [4.69, 9.17) is 11.6 Å². The van der Waals surface area contributed by atoms with Crippen LogP contribution in [-0.4, -0.2) is 55.1 Å². The fraction of sp³-hybridized carbons (Fsp3) is 0.522. The number of rotatable bonds is 5. The minimum atomic E-state index is -0.831. The fourth-order valence-electron chi connectivity index (χ4n) is 6.00. The Kier molecular flexibility index (Phi) is 5.28. The third kappa shape index (κ3) is 3.55. The molecule has 1 saturated heterocycles. The molecule has 0 spiro atoms. The van der Waals surface area contributed by atoms with Crippen LogP contribution >= 0.6 is 11.6 Å². The maximum absolute atomic E-state index is 15.8. The van der Waals surface area contributed by atoms with E-state index >= 15 is 4.39 Å². The van der Waals surface area contributed by atoms with Gasteiger partial charge in [-0.1, -0.05) is 11.6 Å². The molecule has 9 nitrogen and oxygen atoms in total. The first kappa shape index (κ1) is 21.5. The van der Waals surface area contributed by atoms with Crippen molar-refractivity contribution in [3.05, 3.63) is 23.4 Å². The normalized spacial score (nSPS) is 26.4. The van der Waals surface area contributed by atoms with Crippen LogP contribution in [0.4, 0.5) is 16.0 Å². The minimum absolute atomic E-state index is 0.0417. The number of carboxylic acids is 1. The van der Waals surface area contributed by atoms with Crippen molar-refractivity contribution in [3.8, 4) is 11.4 Å². The number of anilines is 2. The van der Waals surface area contributed by atoms with Gasteiger partial charge in [0, 0.05) is 25.3 Å². The van der Waals surface area contributed by atoms with E-state index in [0.717, 1.165) is 38.5 Å². The van der Waals surface area contributed by atoms with Crippen molar-refractivity contribution in [1.82, 2.24) is 24.9 Å². The van der Waals surface area contributed by atoms with Gasteiger partial charge in [-0.05, 0) is 50.4 Å². The number of fused-ring (bicyclic) bond motifs is 4. The topological polar surface area (TPSA) is 120 Å². The summed E-state index contributed by atoms with van der Waals surface area (Å²) in [6.45, 7) is 1.41. The van der Waals surface area contributed by atoms with Crippen molar-refractivity contribution in [1.29, 1.82) is 0 Å².